The summed E-state index contributed by atoms with van der Waals surface area (Å²) in [5, 5.41) is 4.54. The summed E-state index contributed by atoms with van der Waals surface area (Å²) >= 11 is 5.28. The molecule has 0 bridgehead atoms. The van der Waals surface area contributed by atoms with Crippen LogP contribution in [0.25, 0.3) is 0 Å². The Balaban J connectivity index is 2.10. The minimum Gasteiger partial charge on any atom is -0.497 e. The van der Waals surface area contributed by atoms with E-state index < -0.39 is 0 Å². The number of hydrogen-bond acceptors (Lipinski definition) is 4. The Hall–Kier alpha value is -1.04. The molecule has 0 saturated carbocycles. The van der Waals surface area contributed by atoms with Crippen LogP contribution in [0.3, 0.4) is 0 Å². The third kappa shape index (κ3) is 4.73. The first-order valence-electron chi connectivity index (χ1n) is 6.85. The lowest BCUT2D eigenvalue weighted by atomic mass is 10.1. The van der Waals surface area contributed by atoms with Crippen molar-refractivity contribution in [2.75, 3.05) is 19.4 Å². The molecule has 1 atom stereocenters. The molecule has 0 amide bonds. The molecule has 1 N–H and O–H groups in total. The van der Waals surface area contributed by atoms with Gasteiger partial charge in [0.1, 0.15) is 10.8 Å². The van der Waals surface area contributed by atoms with Crippen molar-refractivity contribution in [1.82, 2.24) is 10.3 Å². The Labute approximate surface area is 138 Å². The summed E-state index contributed by atoms with van der Waals surface area (Å²) in [6.07, 6.45) is 1.82. The molecule has 0 aliphatic carbocycles. The Kier molecular flexibility index (Phi) is 6.54. The van der Waals surface area contributed by atoms with Gasteiger partial charge in [0.15, 0.2) is 0 Å². The summed E-state index contributed by atoms with van der Waals surface area (Å²) in [5.74, 6) is 1.80. The van der Waals surface area contributed by atoms with Gasteiger partial charge in [0.2, 0.25) is 0 Å². The second-order valence-corrected chi connectivity index (χ2v) is 6.35. The molecule has 112 valence electrons. The molecule has 5 heteroatoms. The Bertz CT molecular complexity index is 580. The van der Waals surface area contributed by atoms with E-state index in [9.17, 15) is 0 Å². The summed E-state index contributed by atoms with van der Waals surface area (Å²) in [6.45, 7) is 3.04. The quantitative estimate of drug-likeness (QED) is 0.740. The summed E-state index contributed by atoms with van der Waals surface area (Å²) < 4.78 is 6.35. The van der Waals surface area contributed by atoms with Crippen LogP contribution >= 0.6 is 27.7 Å². The molecule has 1 aromatic carbocycles. The summed E-state index contributed by atoms with van der Waals surface area (Å²) in [4.78, 5) is 4.40. The Morgan fingerprint density at radius 1 is 1.33 bits per heavy atom. The van der Waals surface area contributed by atoms with Crippen molar-refractivity contribution in [2.45, 2.75) is 18.0 Å². The average Bonchev–Trinajstić information content (AvgIpc) is 2.53. The van der Waals surface area contributed by atoms with Crippen LogP contribution in [0.2, 0.25) is 0 Å². The number of benzene rings is 1. The molecule has 1 aromatic heterocycles. The molecular formula is C16H19BrN2OS. The number of nitrogens with one attached hydrogen (secondary N) is 1. The van der Waals surface area contributed by atoms with Crippen molar-refractivity contribution in [3.63, 3.8) is 0 Å². The van der Waals surface area contributed by atoms with Crippen LogP contribution in [-0.4, -0.2) is 24.4 Å². The maximum atomic E-state index is 5.31. The van der Waals surface area contributed by atoms with Crippen LogP contribution in [-0.2, 0) is 0 Å². The zero-order chi connectivity index (χ0) is 15.1. The van der Waals surface area contributed by atoms with Crippen molar-refractivity contribution >= 4 is 27.7 Å². The molecule has 0 aliphatic heterocycles. The maximum absolute atomic E-state index is 5.31. The lowest BCUT2D eigenvalue weighted by Crippen LogP contribution is -2.23. The summed E-state index contributed by atoms with van der Waals surface area (Å²) in [7, 11) is 1.70. The predicted molar refractivity (Wildman–Crippen MR) is 92.1 cm³/mol. The number of ether oxygens (including phenoxy) is 1. The van der Waals surface area contributed by atoms with Gasteiger partial charge in [-0.2, -0.15) is 0 Å². The number of methoxy groups -OCH3 is 1. The number of rotatable bonds is 7. The summed E-state index contributed by atoms with van der Waals surface area (Å²) in [6, 6.07) is 12.4. The van der Waals surface area contributed by atoms with E-state index >= 15 is 0 Å². The van der Waals surface area contributed by atoms with E-state index in [-0.39, 0.29) is 6.04 Å². The first kappa shape index (κ1) is 16.3. The highest BCUT2D eigenvalue weighted by Gasteiger charge is 2.13. The van der Waals surface area contributed by atoms with Crippen molar-refractivity contribution in [3.05, 3.63) is 52.6 Å². The zero-order valence-electron chi connectivity index (χ0n) is 12.2. The SMILES string of the molecule is CCNC(CSc1ncccc1Br)c1cccc(OC)c1. The standard InChI is InChI=1S/C16H19BrN2OS/c1-3-18-15(12-6-4-7-13(10-12)20-2)11-21-16-14(17)8-5-9-19-16/h4-10,15,18H,3,11H2,1-2H3. The van der Waals surface area contributed by atoms with Crippen molar-refractivity contribution in [2.24, 2.45) is 0 Å². The third-order valence-electron chi connectivity index (χ3n) is 3.06. The van der Waals surface area contributed by atoms with Gasteiger partial charge in [-0.25, -0.2) is 4.98 Å². The lowest BCUT2D eigenvalue weighted by molar-refractivity contribution is 0.413. The molecular weight excluding hydrogens is 348 g/mol. The second kappa shape index (κ2) is 8.41. The molecule has 0 saturated heterocycles. The molecule has 1 unspecified atom stereocenters. The minimum atomic E-state index is 0.268. The van der Waals surface area contributed by atoms with E-state index in [0.717, 1.165) is 27.5 Å². The Morgan fingerprint density at radius 3 is 2.90 bits per heavy atom. The highest BCUT2D eigenvalue weighted by molar-refractivity contribution is 9.10. The third-order valence-corrected chi connectivity index (χ3v) is 5.06. The number of thioether (sulfide) groups is 1. The Morgan fingerprint density at radius 2 is 2.19 bits per heavy atom. The first-order valence-corrected chi connectivity index (χ1v) is 8.63. The molecule has 0 radical (unpaired) electrons. The fourth-order valence-corrected chi connectivity index (χ4v) is 3.59. The van der Waals surface area contributed by atoms with Crippen molar-refractivity contribution in [3.8, 4) is 5.75 Å². The van der Waals surface area contributed by atoms with Crippen LogP contribution < -0.4 is 10.1 Å². The number of aromatic nitrogens is 1. The fraction of sp³-hybridized carbons (Fsp3) is 0.312. The van der Waals surface area contributed by atoms with Gasteiger partial charge in [-0.1, -0.05) is 19.1 Å². The molecule has 2 rings (SSSR count). The van der Waals surface area contributed by atoms with E-state index in [4.69, 9.17) is 4.74 Å². The van der Waals surface area contributed by atoms with E-state index in [0.29, 0.717) is 0 Å². The normalized spacial score (nSPS) is 12.1. The van der Waals surface area contributed by atoms with Gasteiger partial charge < -0.3 is 10.1 Å². The topological polar surface area (TPSA) is 34.2 Å². The highest BCUT2D eigenvalue weighted by atomic mass is 79.9. The van der Waals surface area contributed by atoms with E-state index in [1.807, 2.05) is 30.5 Å². The molecule has 0 fully saturated rings. The van der Waals surface area contributed by atoms with Gasteiger partial charge in [-0.3, -0.25) is 0 Å². The van der Waals surface area contributed by atoms with Crippen molar-refractivity contribution in [1.29, 1.82) is 0 Å². The zero-order valence-corrected chi connectivity index (χ0v) is 14.6. The fourth-order valence-electron chi connectivity index (χ4n) is 2.02. The minimum absolute atomic E-state index is 0.268. The molecule has 21 heavy (non-hydrogen) atoms. The molecule has 1 heterocycles. The smallest absolute Gasteiger partial charge is 0.119 e. The maximum Gasteiger partial charge on any atom is 0.119 e. The molecule has 2 aromatic rings. The van der Waals surface area contributed by atoms with E-state index in [2.05, 4.69) is 45.3 Å². The van der Waals surface area contributed by atoms with E-state index in [1.165, 1.54) is 5.56 Å². The van der Waals surface area contributed by atoms with Gasteiger partial charge in [0.25, 0.3) is 0 Å². The van der Waals surface area contributed by atoms with Gasteiger partial charge >= 0.3 is 0 Å². The van der Waals surface area contributed by atoms with Crippen molar-refractivity contribution < 1.29 is 4.74 Å². The number of pyridine rings is 1. The number of halogens is 1. The molecule has 3 nitrogen and oxygen atoms in total. The predicted octanol–water partition coefficient (Wildman–Crippen LogP) is 4.30. The van der Waals surface area contributed by atoms with Gasteiger partial charge in [-0.05, 0) is 52.3 Å². The second-order valence-electron chi connectivity index (χ2n) is 4.49. The van der Waals surface area contributed by atoms with Crippen LogP contribution in [0, 0.1) is 0 Å². The highest BCUT2D eigenvalue weighted by Crippen LogP contribution is 2.29. The molecule has 0 spiro atoms. The van der Waals surface area contributed by atoms with Gasteiger partial charge in [-0.15, -0.1) is 11.8 Å². The van der Waals surface area contributed by atoms with Crippen LogP contribution in [0.15, 0.2) is 52.1 Å². The first-order chi connectivity index (χ1) is 10.2. The monoisotopic (exact) mass is 366 g/mol. The van der Waals surface area contributed by atoms with Gasteiger partial charge in [0.05, 0.1) is 7.11 Å². The largest absolute Gasteiger partial charge is 0.497 e. The molecule has 0 aliphatic rings. The van der Waals surface area contributed by atoms with Crippen LogP contribution in [0.4, 0.5) is 0 Å². The number of nitrogens with zero attached hydrogens (tertiary/aromatic N) is 1. The summed E-state index contributed by atoms with van der Waals surface area (Å²) in [5.41, 5.74) is 1.23. The van der Waals surface area contributed by atoms with Crippen LogP contribution in [0.1, 0.15) is 18.5 Å². The lowest BCUT2D eigenvalue weighted by Gasteiger charge is -2.18. The number of hydrogen-bond donors (Lipinski definition) is 1. The van der Waals surface area contributed by atoms with Crippen LogP contribution in [0.5, 0.6) is 5.75 Å². The van der Waals surface area contributed by atoms with Gasteiger partial charge in [0, 0.05) is 22.5 Å². The van der Waals surface area contributed by atoms with E-state index in [1.54, 1.807) is 18.9 Å². The average molecular weight is 367 g/mol.